The second-order valence-electron chi connectivity index (χ2n) is 4.11. The van der Waals surface area contributed by atoms with Crippen molar-refractivity contribution < 1.29 is 9.90 Å². The minimum absolute atomic E-state index is 0.489. The maximum atomic E-state index is 11.3. The van der Waals surface area contributed by atoms with E-state index in [1.165, 1.54) is 12.5 Å². The quantitative estimate of drug-likeness (QED) is 0.834. The maximum absolute atomic E-state index is 11.3. The first-order valence-electron chi connectivity index (χ1n) is 5.89. The Kier molecular flexibility index (Phi) is 3.74. The van der Waals surface area contributed by atoms with Crippen molar-refractivity contribution in [1.29, 1.82) is 0 Å². The zero-order chi connectivity index (χ0) is 13.8. The third kappa shape index (κ3) is 3.06. The number of aryl methyl sites for hydroxylation is 2. The van der Waals surface area contributed by atoms with Crippen molar-refractivity contribution in [3.63, 3.8) is 0 Å². The van der Waals surface area contributed by atoms with Gasteiger partial charge in [-0.2, -0.15) is 5.10 Å². The van der Waals surface area contributed by atoms with Crippen LogP contribution < -0.4 is 5.32 Å². The second kappa shape index (κ2) is 5.47. The van der Waals surface area contributed by atoms with Gasteiger partial charge in [0.1, 0.15) is 12.1 Å². The van der Waals surface area contributed by atoms with E-state index in [0.717, 1.165) is 12.1 Å². The largest absolute Gasteiger partial charge is 0.479 e. The lowest BCUT2D eigenvalue weighted by Gasteiger charge is -2.13. The molecule has 100 valence electrons. The Labute approximate surface area is 110 Å². The summed E-state index contributed by atoms with van der Waals surface area (Å²) in [6.07, 6.45) is 5.37. The van der Waals surface area contributed by atoms with Crippen molar-refractivity contribution in [2.24, 2.45) is 7.05 Å². The number of carboxylic acid groups (broad SMARTS) is 1. The van der Waals surface area contributed by atoms with Gasteiger partial charge in [0.05, 0.1) is 6.20 Å². The van der Waals surface area contributed by atoms with E-state index in [2.05, 4.69) is 20.4 Å². The first-order chi connectivity index (χ1) is 9.10. The Morgan fingerprint density at radius 3 is 2.89 bits per heavy atom. The SMILES string of the molecule is CCc1cc(NC(C(=O)O)c2cnn(C)c2)ncn1. The van der Waals surface area contributed by atoms with E-state index >= 15 is 0 Å². The summed E-state index contributed by atoms with van der Waals surface area (Å²) in [5.74, 6) is -0.493. The lowest BCUT2D eigenvalue weighted by molar-refractivity contribution is -0.138. The molecule has 0 aromatic carbocycles. The van der Waals surface area contributed by atoms with Gasteiger partial charge in [-0.1, -0.05) is 6.92 Å². The number of carbonyl (C=O) groups is 1. The van der Waals surface area contributed by atoms with Crippen LogP contribution in [0.25, 0.3) is 0 Å². The van der Waals surface area contributed by atoms with Crippen LogP contribution in [0.4, 0.5) is 5.82 Å². The van der Waals surface area contributed by atoms with Gasteiger partial charge >= 0.3 is 5.97 Å². The molecule has 0 aliphatic heterocycles. The van der Waals surface area contributed by atoms with E-state index in [4.69, 9.17) is 0 Å². The zero-order valence-electron chi connectivity index (χ0n) is 10.7. The molecule has 0 amide bonds. The Bertz CT molecular complexity index is 581. The summed E-state index contributed by atoms with van der Waals surface area (Å²) in [6.45, 7) is 1.97. The first kappa shape index (κ1) is 13.0. The number of nitrogens with one attached hydrogen (secondary N) is 1. The van der Waals surface area contributed by atoms with Crippen LogP contribution in [0.5, 0.6) is 0 Å². The number of carboxylic acids is 1. The summed E-state index contributed by atoms with van der Waals surface area (Å²) in [6, 6.07) is 0.861. The third-order valence-corrected chi connectivity index (χ3v) is 2.68. The van der Waals surface area contributed by atoms with Gasteiger partial charge in [0, 0.05) is 30.6 Å². The van der Waals surface area contributed by atoms with Gasteiger partial charge in [0.2, 0.25) is 0 Å². The molecule has 2 aromatic rings. The smallest absolute Gasteiger partial charge is 0.330 e. The van der Waals surface area contributed by atoms with E-state index in [1.54, 1.807) is 24.0 Å². The average molecular weight is 261 g/mol. The molecule has 7 nitrogen and oxygen atoms in total. The molecule has 2 N–H and O–H groups in total. The first-order valence-corrected chi connectivity index (χ1v) is 5.89. The van der Waals surface area contributed by atoms with Gasteiger partial charge in [-0.05, 0) is 6.42 Å². The number of anilines is 1. The Morgan fingerprint density at radius 1 is 1.53 bits per heavy atom. The van der Waals surface area contributed by atoms with Crippen molar-refractivity contribution in [3.8, 4) is 0 Å². The molecule has 0 aliphatic carbocycles. The van der Waals surface area contributed by atoms with Crippen molar-refractivity contribution in [2.45, 2.75) is 19.4 Å². The number of nitrogens with zero attached hydrogens (tertiary/aromatic N) is 4. The van der Waals surface area contributed by atoms with Gasteiger partial charge in [-0.25, -0.2) is 14.8 Å². The molecule has 7 heteroatoms. The number of hydrogen-bond donors (Lipinski definition) is 2. The summed E-state index contributed by atoms with van der Waals surface area (Å²) < 4.78 is 1.56. The molecule has 0 spiro atoms. The molecule has 2 aromatic heterocycles. The van der Waals surface area contributed by atoms with Crippen LogP contribution in [0.2, 0.25) is 0 Å². The monoisotopic (exact) mass is 261 g/mol. The van der Waals surface area contributed by atoms with Gasteiger partial charge in [0.15, 0.2) is 6.04 Å². The molecule has 2 heterocycles. The third-order valence-electron chi connectivity index (χ3n) is 2.68. The van der Waals surface area contributed by atoms with Crippen LogP contribution in [0.1, 0.15) is 24.2 Å². The standard InChI is InChI=1S/C12H15N5O2/c1-3-9-4-10(14-7-13-9)16-11(12(18)19)8-5-15-17(2)6-8/h4-7,11H,3H2,1-2H3,(H,18,19)(H,13,14,16). The normalized spacial score (nSPS) is 12.1. The summed E-state index contributed by atoms with van der Waals surface area (Å²) in [5, 5.41) is 16.1. The fraction of sp³-hybridized carbons (Fsp3) is 0.333. The lowest BCUT2D eigenvalue weighted by atomic mass is 10.1. The topological polar surface area (TPSA) is 92.9 Å². The Hall–Kier alpha value is -2.44. The molecule has 1 atom stereocenters. The van der Waals surface area contributed by atoms with Gasteiger partial charge < -0.3 is 10.4 Å². The van der Waals surface area contributed by atoms with Crippen LogP contribution >= 0.6 is 0 Å². The summed E-state index contributed by atoms with van der Waals surface area (Å²) in [7, 11) is 1.74. The highest BCUT2D eigenvalue weighted by molar-refractivity contribution is 5.78. The van der Waals surface area contributed by atoms with Crippen LogP contribution in [-0.4, -0.2) is 30.8 Å². The highest BCUT2D eigenvalue weighted by Crippen LogP contribution is 2.18. The van der Waals surface area contributed by atoms with Gasteiger partial charge in [-0.3, -0.25) is 4.68 Å². The molecule has 0 fully saturated rings. The van der Waals surface area contributed by atoms with E-state index in [9.17, 15) is 9.90 Å². The van der Waals surface area contributed by atoms with Crippen molar-refractivity contribution in [1.82, 2.24) is 19.7 Å². The number of aromatic nitrogens is 4. The molecule has 0 saturated carbocycles. The van der Waals surface area contributed by atoms with Crippen LogP contribution in [0.3, 0.4) is 0 Å². The predicted octanol–water partition coefficient (Wildman–Crippen LogP) is 1.01. The van der Waals surface area contributed by atoms with E-state index < -0.39 is 12.0 Å². The molecule has 0 aliphatic rings. The van der Waals surface area contributed by atoms with Crippen LogP contribution in [0.15, 0.2) is 24.8 Å². The second-order valence-corrected chi connectivity index (χ2v) is 4.11. The highest BCUT2D eigenvalue weighted by Gasteiger charge is 2.21. The molecular weight excluding hydrogens is 246 g/mol. The number of aliphatic carboxylic acids is 1. The molecule has 0 radical (unpaired) electrons. The van der Waals surface area contributed by atoms with E-state index in [1.807, 2.05) is 6.92 Å². The van der Waals surface area contributed by atoms with Crippen LogP contribution in [0, 0.1) is 0 Å². The van der Waals surface area contributed by atoms with E-state index in [-0.39, 0.29) is 0 Å². The number of hydrogen-bond acceptors (Lipinski definition) is 5. The summed E-state index contributed by atoms with van der Waals surface area (Å²) in [5.41, 5.74) is 1.43. The molecule has 19 heavy (non-hydrogen) atoms. The van der Waals surface area contributed by atoms with Gasteiger partial charge in [-0.15, -0.1) is 0 Å². The fourth-order valence-electron chi connectivity index (χ4n) is 1.69. The van der Waals surface area contributed by atoms with Gasteiger partial charge in [0.25, 0.3) is 0 Å². The van der Waals surface area contributed by atoms with Crippen molar-refractivity contribution in [3.05, 3.63) is 36.0 Å². The molecule has 0 saturated heterocycles. The predicted molar refractivity (Wildman–Crippen MR) is 68.6 cm³/mol. The number of rotatable bonds is 5. The summed E-state index contributed by atoms with van der Waals surface area (Å²) >= 11 is 0. The fourth-order valence-corrected chi connectivity index (χ4v) is 1.69. The molecule has 2 rings (SSSR count). The molecule has 0 bridgehead atoms. The average Bonchev–Trinajstić information content (AvgIpc) is 2.82. The minimum atomic E-state index is -0.982. The summed E-state index contributed by atoms with van der Waals surface area (Å²) in [4.78, 5) is 19.4. The van der Waals surface area contributed by atoms with Crippen molar-refractivity contribution >= 4 is 11.8 Å². The zero-order valence-corrected chi connectivity index (χ0v) is 10.7. The molecular formula is C12H15N5O2. The maximum Gasteiger partial charge on any atom is 0.330 e. The van der Waals surface area contributed by atoms with Crippen LogP contribution in [-0.2, 0) is 18.3 Å². The van der Waals surface area contributed by atoms with Crippen molar-refractivity contribution in [2.75, 3.05) is 5.32 Å². The lowest BCUT2D eigenvalue weighted by Crippen LogP contribution is -2.20. The molecule has 1 unspecified atom stereocenters. The van der Waals surface area contributed by atoms with E-state index in [0.29, 0.717) is 11.4 Å². The highest BCUT2D eigenvalue weighted by atomic mass is 16.4. The Morgan fingerprint density at radius 2 is 2.32 bits per heavy atom. The minimum Gasteiger partial charge on any atom is -0.479 e. The Balaban J connectivity index is 2.23.